The van der Waals surface area contributed by atoms with Crippen LogP contribution in [0, 0.1) is 0 Å². The zero-order valence-corrected chi connectivity index (χ0v) is 12.6. The number of nitrogen functional groups attached to an aromatic ring is 1. The number of thioether (sulfide) groups is 1. The van der Waals surface area contributed by atoms with Gasteiger partial charge in [0.1, 0.15) is 0 Å². The van der Waals surface area contributed by atoms with Gasteiger partial charge in [-0.2, -0.15) is 11.8 Å². The average molecular weight is 303 g/mol. The van der Waals surface area contributed by atoms with Gasteiger partial charge in [-0.3, -0.25) is 4.79 Å². The third-order valence-electron chi connectivity index (χ3n) is 2.67. The first-order valence-electron chi connectivity index (χ1n) is 6.04. The second-order valence-corrected chi connectivity index (χ2v) is 6.24. The SMILES string of the molecule is CC(O)C(C)SCCC(=O)Nc1ccc(Cl)c(N)c1. The summed E-state index contributed by atoms with van der Waals surface area (Å²) in [6.45, 7) is 3.68. The number of carbonyl (C=O) groups excluding carboxylic acids is 1. The Labute approximate surface area is 122 Å². The van der Waals surface area contributed by atoms with E-state index in [1.54, 1.807) is 36.9 Å². The summed E-state index contributed by atoms with van der Waals surface area (Å²) in [5.41, 5.74) is 6.73. The molecule has 0 bridgehead atoms. The lowest BCUT2D eigenvalue weighted by molar-refractivity contribution is -0.115. The van der Waals surface area contributed by atoms with Crippen molar-refractivity contribution >= 4 is 40.6 Å². The number of benzene rings is 1. The Hall–Kier alpha value is -0.910. The molecule has 1 aromatic rings. The highest BCUT2D eigenvalue weighted by atomic mass is 35.5. The van der Waals surface area contributed by atoms with Gasteiger partial charge in [-0.25, -0.2) is 0 Å². The molecule has 6 heteroatoms. The zero-order valence-electron chi connectivity index (χ0n) is 11.0. The van der Waals surface area contributed by atoms with Crippen LogP contribution >= 0.6 is 23.4 Å². The average Bonchev–Trinajstić information content (AvgIpc) is 2.33. The molecule has 1 rings (SSSR count). The van der Waals surface area contributed by atoms with Crippen LogP contribution < -0.4 is 11.1 Å². The molecule has 0 aliphatic heterocycles. The van der Waals surface area contributed by atoms with Gasteiger partial charge >= 0.3 is 0 Å². The summed E-state index contributed by atoms with van der Waals surface area (Å²) in [4.78, 5) is 11.7. The van der Waals surface area contributed by atoms with E-state index >= 15 is 0 Å². The van der Waals surface area contributed by atoms with Gasteiger partial charge in [0.2, 0.25) is 5.91 Å². The quantitative estimate of drug-likeness (QED) is 0.706. The topological polar surface area (TPSA) is 75.3 Å². The van der Waals surface area contributed by atoms with Gasteiger partial charge < -0.3 is 16.2 Å². The number of amides is 1. The first kappa shape index (κ1) is 16.1. The van der Waals surface area contributed by atoms with Gasteiger partial charge in [0.25, 0.3) is 0 Å². The maximum atomic E-state index is 11.7. The van der Waals surface area contributed by atoms with E-state index in [0.717, 1.165) is 0 Å². The van der Waals surface area contributed by atoms with Crippen molar-refractivity contribution in [2.24, 2.45) is 0 Å². The normalized spacial score (nSPS) is 13.9. The van der Waals surface area contributed by atoms with Crippen LogP contribution in [-0.2, 0) is 4.79 Å². The lowest BCUT2D eigenvalue weighted by Gasteiger charge is -2.13. The summed E-state index contributed by atoms with van der Waals surface area (Å²) in [7, 11) is 0. The molecule has 0 aliphatic rings. The van der Waals surface area contributed by atoms with Crippen LogP contribution in [0.5, 0.6) is 0 Å². The highest BCUT2D eigenvalue weighted by Crippen LogP contribution is 2.22. The monoisotopic (exact) mass is 302 g/mol. The fourth-order valence-electron chi connectivity index (χ4n) is 1.32. The number of nitrogens with two attached hydrogens (primary N) is 1. The van der Waals surface area contributed by atoms with Crippen molar-refractivity contribution in [3.63, 3.8) is 0 Å². The predicted octanol–water partition coefficient (Wildman–Crippen LogP) is 2.75. The standard InChI is InChI=1S/C13H19ClN2O2S/c1-8(17)9(2)19-6-5-13(18)16-10-3-4-11(14)12(15)7-10/h3-4,7-9,17H,5-6,15H2,1-2H3,(H,16,18). The van der Waals surface area contributed by atoms with Crippen molar-refractivity contribution in [2.75, 3.05) is 16.8 Å². The fraction of sp³-hybridized carbons (Fsp3) is 0.462. The van der Waals surface area contributed by atoms with Crippen molar-refractivity contribution in [3.8, 4) is 0 Å². The molecular weight excluding hydrogens is 284 g/mol. The smallest absolute Gasteiger partial charge is 0.225 e. The van der Waals surface area contributed by atoms with E-state index in [-0.39, 0.29) is 17.3 Å². The summed E-state index contributed by atoms with van der Waals surface area (Å²) >= 11 is 7.37. The molecule has 106 valence electrons. The second kappa shape index (κ2) is 7.62. The number of halogens is 1. The molecule has 0 heterocycles. The molecule has 0 spiro atoms. The number of hydrogen-bond donors (Lipinski definition) is 3. The molecule has 0 saturated heterocycles. The molecule has 2 unspecified atom stereocenters. The van der Waals surface area contributed by atoms with Gasteiger partial charge in [0.15, 0.2) is 0 Å². The van der Waals surface area contributed by atoms with E-state index in [0.29, 0.717) is 28.6 Å². The van der Waals surface area contributed by atoms with E-state index in [9.17, 15) is 9.90 Å². The molecule has 0 saturated carbocycles. The summed E-state index contributed by atoms with van der Waals surface area (Å²) in [6, 6.07) is 4.99. The minimum Gasteiger partial charge on any atom is -0.397 e. The molecular formula is C13H19ClN2O2S. The van der Waals surface area contributed by atoms with Crippen LogP contribution in [0.2, 0.25) is 5.02 Å². The summed E-state index contributed by atoms with van der Waals surface area (Å²) < 4.78 is 0. The molecule has 0 radical (unpaired) electrons. The molecule has 4 N–H and O–H groups in total. The minimum absolute atomic E-state index is 0.0768. The third-order valence-corrected chi connectivity index (χ3v) is 4.37. The molecule has 0 aromatic heterocycles. The summed E-state index contributed by atoms with van der Waals surface area (Å²) in [6.07, 6.45) is 0.0219. The number of nitrogens with one attached hydrogen (secondary N) is 1. The molecule has 1 amide bonds. The van der Waals surface area contributed by atoms with Gasteiger partial charge in [0, 0.05) is 23.1 Å². The number of carbonyl (C=O) groups is 1. The van der Waals surface area contributed by atoms with Crippen molar-refractivity contribution in [3.05, 3.63) is 23.2 Å². The zero-order chi connectivity index (χ0) is 14.4. The summed E-state index contributed by atoms with van der Waals surface area (Å²) in [5, 5.41) is 12.7. The van der Waals surface area contributed by atoms with Gasteiger partial charge in [-0.15, -0.1) is 0 Å². The Morgan fingerprint density at radius 3 is 2.79 bits per heavy atom. The molecule has 1 aromatic carbocycles. The largest absolute Gasteiger partial charge is 0.397 e. The van der Waals surface area contributed by atoms with Gasteiger partial charge in [0.05, 0.1) is 16.8 Å². The Morgan fingerprint density at radius 2 is 2.21 bits per heavy atom. The molecule has 19 heavy (non-hydrogen) atoms. The lowest BCUT2D eigenvalue weighted by Crippen LogP contribution is -2.18. The van der Waals surface area contributed by atoms with Crippen molar-refractivity contribution in [1.82, 2.24) is 0 Å². The van der Waals surface area contributed by atoms with Crippen LogP contribution in [0.4, 0.5) is 11.4 Å². The van der Waals surface area contributed by atoms with Gasteiger partial charge in [-0.1, -0.05) is 18.5 Å². The van der Waals surface area contributed by atoms with Gasteiger partial charge in [-0.05, 0) is 25.1 Å². The first-order chi connectivity index (χ1) is 8.90. The molecule has 0 aliphatic carbocycles. The maximum Gasteiger partial charge on any atom is 0.225 e. The number of anilines is 2. The van der Waals surface area contributed by atoms with Crippen molar-refractivity contribution in [2.45, 2.75) is 31.6 Å². The molecule has 0 fully saturated rings. The third kappa shape index (κ3) is 5.72. The van der Waals surface area contributed by atoms with Crippen LogP contribution in [0.3, 0.4) is 0 Å². The first-order valence-corrected chi connectivity index (χ1v) is 7.47. The van der Waals surface area contributed by atoms with E-state index in [1.165, 1.54) is 0 Å². The van der Waals surface area contributed by atoms with E-state index in [1.807, 2.05) is 6.92 Å². The summed E-state index contributed by atoms with van der Waals surface area (Å²) in [5.74, 6) is 0.591. The number of aliphatic hydroxyl groups excluding tert-OH is 1. The molecule has 2 atom stereocenters. The van der Waals surface area contributed by atoms with Crippen molar-refractivity contribution < 1.29 is 9.90 Å². The fourth-order valence-corrected chi connectivity index (χ4v) is 2.39. The van der Waals surface area contributed by atoms with E-state index in [4.69, 9.17) is 17.3 Å². The Morgan fingerprint density at radius 1 is 1.53 bits per heavy atom. The lowest BCUT2D eigenvalue weighted by atomic mass is 10.2. The van der Waals surface area contributed by atoms with Crippen LogP contribution in [-0.4, -0.2) is 28.1 Å². The van der Waals surface area contributed by atoms with Crippen LogP contribution in [0.15, 0.2) is 18.2 Å². The Kier molecular flexibility index (Phi) is 6.48. The highest BCUT2D eigenvalue weighted by Gasteiger charge is 2.10. The minimum atomic E-state index is -0.371. The maximum absolute atomic E-state index is 11.7. The number of hydrogen-bond acceptors (Lipinski definition) is 4. The Bertz CT molecular complexity index is 441. The predicted molar refractivity (Wildman–Crippen MR) is 82.7 cm³/mol. The number of rotatable bonds is 6. The van der Waals surface area contributed by atoms with Crippen LogP contribution in [0.25, 0.3) is 0 Å². The van der Waals surface area contributed by atoms with Crippen LogP contribution in [0.1, 0.15) is 20.3 Å². The highest BCUT2D eigenvalue weighted by molar-refractivity contribution is 7.99. The molecule has 4 nitrogen and oxygen atoms in total. The van der Waals surface area contributed by atoms with Crippen molar-refractivity contribution in [1.29, 1.82) is 0 Å². The van der Waals surface area contributed by atoms with E-state index < -0.39 is 0 Å². The number of aliphatic hydroxyl groups is 1. The second-order valence-electron chi connectivity index (χ2n) is 4.35. The van der Waals surface area contributed by atoms with E-state index in [2.05, 4.69) is 5.32 Å². The Balaban J connectivity index is 2.37.